The summed E-state index contributed by atoms with van der Waals surface area (Å²) in [7, 11) is 0. The molecule has 3 rings (SSSR count). The summed E-state index contributed by atoms with van der Waals surface area (Å²) in [5.74, 6) is -0.893. The van der Waals surface area contributed by atoms with Gasteiger partial charge in [0, 0.05) is 0 Å². The zero-order valence-corrected chi connectivity index (χ0v) is 17.8. The third kappa shape index (κ3) is 5.58. The Hall–Kier alpha value is -1.84. The fraction of sp³-hybridized carbons (Fsp3) is 0.150. The quantitative estimate of drug-likeness (QED) is 0.405. The number of aromatic nitrogens is 1. The summed E-state index contributed by atoms with van der Waals surface area (Å²) in [6, 6.07) is 18.9. The van der Waals surface area contributed by atoms with Gasteiger partial charge in [-0.2, -0.15) is 17.9 Å². The molecule has 0 saturated heterocycles. The molecule has 0 unspecified atom stereocenters. The summed E-state index contributed by atoms with van der Waals surface area (Å²) in [6.07, 6.45) is 3.49. The Morgan fingerprint density at radius 3 is 2.35 bits per heavy atom. The summed E-state index contributed by atoms with van der Waals surface area (Å²) >= 11 is 3.75. The van der Waals surface area contributed by atoms with Crippen LogP contribution in [0, 0.1) is 17.4 Å². The molecular formula is C20H17N2NaO2S. The molecule has 1 N–H and O–H groups in total. The molecular weight excluding hydrogens is 355 g/mol. The molecule has 1 aromatic heterocycles. The van der Waals surface area contributed by atoms with Crippen molar-refractivity contribution in [1.29, 1.82) is 5.26 Å². The molecule has 0 atom stereocenters. The SMILES string of the molecule is CC(C)(S)C(=O)O.N#Cc1ccc(-c2[c-]ccnc2)c2ccccc12.[Na+]. The average molecular weight is 372 g/mol. The predicted molar refractivity (Wildman–Crippen MR) is 101 cm³/mol. The Morgan fingerprint density at radius 2 is 1.85 bits per heavy atom. The van der Waals surface area contributed by atoms with E-state index in [1.54, 1.807) is 18.5 Å². The molecule has 3 aromatic rings. The van der Waals surface area contributed by atoms with Crippen molar-refractivity contribution in [2.24, 2.45) is 0 Å². The van der Waals surface area contributed by atoms with Gasteiger partial charge in [0.2, 0.25) is 0 Å². The van der Waals surface area contributed by atoms with Crippen molar-refractivity contribution in [3.8, 4) is 17.2 Å². The molecule has 0 aliphatic carbocycles. The molecule has 0 bridgehead atoms. The van der Waals surface area contributed by atoms with Crippen molar-refractivity contribution < 1.29 is 39.5 Å². The number of hydrogen-bond donors (Lipinski definition) is 2. The zero-order valence-electron chi connectivity index (χ0n) is 14.9. The molecule has 0 fully saturated rings. The second kappa shape index (κ2) is 9.75. The Balaban J connectivity index is 0.000000366. The molecule has 0 aliphatic heterocycles. The standard InChI is InChI=1S/C16H9N2.C4H8O2S.Na/c17-10-12-7-8-15(13-4-3-9-18-11-13)16-6-2-1-5-14(12)16;1-4(2,7)3(5)6;/h1-3,5-9,11H;7H,1-2H3,(H,5,6);/q-1;;+1. The minimum atomic E-state index is -0.893. The van der Waals surface area contributed by atoms with Crippen LogP contribution in [-0.2, 0) is 4.79 Å². The predicted octanol–water partition coefficient (Wildman–Crippen LogP) is 1.36. The van der Waals surface area contributed by atoms with E-state index < -0.39 is 10.7 Å². The van der Waals surface area contributed by atoms with Crippen LogP contribution < -0.4 is 29.6 Å². The van der Waals surface area contributed by atoms with Crippen LogP contribution in [0.3, 0.4) is 0 Å². The van der Waals surface area contributed by atoms with Crippen LogP contribution in [0.15, 0.2) is 54.9 Å². The molecule has 0 spiro atoms. The van der Waals surface area contributed by atoms with Gasteiger partial charge in [-0.1, -0.05) is 59.7 Å². The van der Waals surface area contributed by atoms with E-state index in [1.165, 1.54) is 13.8 Å². The van der Waals surface area contributed by atoms with Gasteiger partial charge in [-0.05, 0) is 19.2 Å². The number of carboxylic acid groups (broad SMARTS) is 1. The van der Waals surface area contributed by atoms with Gasteiger partial charge in [-0.3, -0.25) is 4.79 Å². The maximum Gasteiger partial charge on any atom is 1.00 e. The van der Waals surface area contributed by atoms with E-state index in [1.807, 2.05) is 36.4 Å². The summed E-state index contributed by atoms with van der Waals surface area (Å²) in [5, 5.41) is 19.3. The summed E-state index contributed by atoms with van der Waals surface area (Å²) in [4.78, 5) is 14.1. The van der Waals surface area contributed by atoms with Crippen LogP contribution in [0.1, 0.15) is 19.4 Å². The van der Waals surface area contributed by atoms with Gasteiger partial charge in [0.05, 0.1) is 11.6 Å². The first kappa shape index (κ1) is 22.2. The molecule has 1 heterocycles. The number of hydrogen-bond acceptors (Lipinski definition) is 4. The minimum absolute atomic E-state index is 0. The topological polar surface area (TPSA) is 74.0 Å². The molecule has 0 aliphatic rings. The van der Waals surface area contributed by atoms with Crippen LogP contribution in [0.5, 0.6) is 0 Å². The number of rotatable bonds is 2. The first-order valence-corrected chi connectivity index (χ1v) is 7.99. The second-order valence-electron chi connectivity index (χ2n) is 5.83. The molecule has 26 heavy (non-hydrogen) atoms. The van der Waals surface area contributed by atoms with Gasteiger partial charge in [-0.25, -0.2) is 0 Å². The zero-order chi connectivity index (χ0) is 18.4. The van der Waals surface area contributed by atoms with E-state index >= 15 is 0 Å². The summed E-state index contributed by atoms with van der Waals surface area (Å²) in [6.45, 7) is 3.05. The van der Waals surface area contributed by atoms with E-state index in [-0.39, 0.29) is 29.6 Å². The van der Waals surface area contributed by atoms with E-state index in [9.17, 15) is 4.79 Å². The van der Waals surface area contributed by atoms with E-state index in [0.717, 1.165) is 21.9 Å². The third-order valence-corrected chi connectivity index (χ3v) is 3.65. The molecule has 0 radical (unpaired) electrons. The number of nitriles is 1. The van der Waals surface area contributed by atoms with Gasteiger partial charge in [0.1, 0.15) is 4.75 Å². The summed E-state index contributed by atoms with van der Waals surface area (Å²) in [5.41, 5.74) is 2.69. The Labute approximate surface area is 180 Å². The van der Waals surface area contributed by atoms with E-state index in [4.69, 9.17) is 10.4 Å². The largest absolute Gasteiger partial charge is 1.00 e. The first-order chi connectivity index (χ1) is 11.8. The number of pyridine rings is 1. The van der Waals surface area contributed by atoms with Gasteiger partial charge in [0.25, 0.3) is 0 Å². The van der Waals surface area contributed by atoms with Crippen LogP contribution in [-0.4, -0.2) is 20.8 Å². The minimum Gasteiger partial charge on any atom is -0.480 e. The smallest absolute Gasteiger partial charge is 0.480 e. The average Bonchev–Trinajstić information content (AvgIpc) is 2.61. The van der Waals surface area contributed by atoms with Crippen LogP contribution >= 0.6 is 12.6 Å². The van der Waals surface area contributed by atoms with Crippen molar-refractivity contribution >= 4 is 29.4 Å². The van der Waals surface area contributed by atoms with Gasteiger partial charge < -0.3 is 10.1 Å². The second-order valence-corrected chi connectivity index (χ2v) is 6.95. The van der Waals surface area contributed by atoms with Crippen LogP contribution in [0.25, 0.3) is 21.9 Å². The van der Waals surface area contributed by atoms with Gasteiger partial charge in [-0.15, -0.1) is 17.7 Å². The molecule has 126 valence electrons. The number of nitrogens with zero attached hydrogens (tertiary/aromatic N) is 2. The van der Waals surface area contributed by atoms with Gasteiger partial charge in [0.15, 0.2) is 0 Å². The van der Waals surface area contributed by atoms with E-state index in [2.05, 4.69) is 29.7 Å². The fourth-order valence-corrected chi connectivity index (χ4v) is 2.10. The number of benzene rings is 2. The Morgan fingerprint density at radius 1 is 1.23 bits per heavy atom. The number of fused-ring (bicyclic) bond motifs is 1. The normalized spacial score (nSPS) is 10.1. The Kier molecular flexibility index (Phi) is 8.32. The number of carbonyl (C=O) groups is 1. The number of carboxylic acids is 1. The monoisotopic (exact) mass is 372 g/mol. The van der Waals surface area contributed by atoms with Crippen molar-refractivity contribution in [3.05, 3.63) is 66.5 Å². The van der Waals surface area contributed by atoms with Crippen molar-refractivity contribution in [3.63, 3.8) is 0 Å². The third-order valence-electron chi connectivity index (χ3n) is 3.46. The Bertz CT molecular complexity index is 932. The van der Waals surface area contributed by atoms with Crippen molar-refractivity contribution in [1.82, 2.24) is 4.98 Å². The first-order valence-electron chi connectivity index (χ1n) is 7.54. The van der Waals surface area contributed by atoms with Crippen molar-refractivity contribution in [2.45, 2.75) is 18.6 Å². The molecule has 2 aromatic carbocycles. The van der Waals surface area contributed by atoms with E-state index in [0.29, 0.717) is 5.56 Å². The maximum absolute atomic E-state index is 9.94. The van der Waals surface area contributed by atoms with Crippen LogP contribution in [0.2, 0.25) is 0 Å². The van der Waals surface area contributed by atoms with Crippen molar-refractivity contribution in [2.75, 3.05) is 0 Å². The molecule has 0 amide bonds. The van der Waals surface area contributed by atoms with Crippen LogP contribution in [0.4, 0.5) is 0 Å². The number of aliphatic carboxylic acids is 1. The fourth-order valence-electron chi connectivity index (χ4n) is 2.10. The molecule has 6 heteroatoms. The summed E-state index contributed by atoms with van der Waals surface area (Å²) < 4.78 is -0.889. The number of thiol groups is 1. The molecule has 0 saturated carbocycles. The van der Waals surface area contributed by atoms with Gasteiger partial charge >= 0.3 is 35.5 Å². The maximum atomic E-state index is 9.94. The molecule has 4 nitrogen and oxygen atoms in total.